The lowest BCUT2D eigenvalue weighted by Gasteiger charge is -2.30. The van der Waals surface area contributed by atoms with Crippen LogP contribution in [-0.4, -0.2) is 48.7 Å². The summed E-state index contributed by atoms with van der Waals surface area (Å²) in [5.74, 6) is 0. The molecular weight excluding hydrogens is 124 g/mol. The van der Waals surface area contributed by atoms with E-state index in [1.165, 1.54) is 30.7 Å². The van der Waals surface area contributed by atoms with E-state index in [2.05, 4.69) is 25.4 Å². The normalized spacial score (nSPS) is 38.4. The van der Waals surface area contributed by atoms with Gasteiger partial charge in [-0.25, -0.2) is 0 Å². The molecule has 1 radical (unpaired) electrons. The first-order valence-corrected chi connectivity index (χ1v) is 4.14. The molecule has 2 aliphatic rings. The van der Waals surface area contributed by atoms with Gasteiger partial charge in [-0.05, 0) is 14.0 Å². The molecule has 1 spiro atoms. The Labute approximate surface area is 63.0 Å². The van der Waals surface area contributed by atoms with Crippen molar-refractivity contribution in [2.24, 2.45) is 0 Å². The maximum atomic E-state index is 2.47. The van der Waals surface area contributed by atoms with Crippen LogP contribution in [0, 0.1) is 6.54 Å². The fraction of sp³-hybridized carbons (Fsp3) is 0.875. The first-order valence-electron chi connectivity index (χ1n) is 4.14. The number of nitrogens with zero attached hydrogens (tertiary/aromatic N) is 2. The quantitative estimate of drug-likeness (QED) is 0.346. The highest BCUT2D eigenvalue weighted by molar-refractivity contribution is 4.85. The van der Waals surface area contributed by atoms with Gasteiger partial charge in [0.2, 0.25) is 0 Å². The van der Waals surface area contributed by atoms with Gasteiger partial charge < -0.3 is 4.48 Å². The largest absolute Gasteiger partial charge is 0.302 e. The predicted molar refractivity (Wildman–Crippen MR) is 41.3 cm³/mol. The number of hydrogen-bond acceptors (Lipinski definition) is 1. The van der Waals surface area contributed by atoms with Crippen LogP contribution in [-0.2, 0) is 0 Å². The molecule has 2 heterocycles. The van der Waals surface area contributed by atoms with Crippen LogP contribution >= 0.6 is 0 Å². The molecule has 1 atom stereocenters. The summed E-state index contributed by atoms with van der Waals surface area (Å²) in [5.41, 5.74) is 0. The second-order valence-electron chi connectivity index (χ2n) is 3.74. The standard InChI is InChI=1S/C8H16N2/c1-8-7-10(8)5-3-9(2)4-6-10/h7-8H,3-6H2,1-2H3/q+1. The summed E-state index contributed by atoms with van der Waals surface area (Å²) in [7, 11) is 2.21. The third-order valence-corrected chi connectivity index (χ3v) is 3.03. The Hall–Kier alpha value is -0.0800. The molecule has 57 valence electrons. The molecule has 0 saturated carbocycles. The minimum Gasteiger partial charge on any atom is -0.302 e. The molecule has 0 aromatic rings. The summed E-state index contributed by atoms with van der Waals surface area (Å²) in [6.07, 6.45) is 0. The molecule has 10 heavy (non-hydrogen) atoms. The zero-order valence-corrected chi connectivity index (χ0v) is 6.88. The van der Waals surface area contributed by atoms with Crippen molar-refractivity contribution in [3.63, 3.8) is 0 Å². The van der Waals surface area contributed by atoms with Gasteiger partial charge in [-0.15, -0.1) is 0 Å². The summed E-state index contributed by atoms with van der Waals surface area (Å²) in [6, 6.07) is 0.855. The van der Waals surface area contributed by atoms with Crippen molar-refractivity contribution in [3.05, 3.63) is 6.54 Å². The molecule has 2 heteroatoms. The van der Waals surface area contributed by atoms with Crippen LogP contribution in [0.1, 0.15) is 6.92 Å². The molecule has 0 aliphatic carbocycles. The molecule has 0 aromatic carbocycles. The molecule has 0 bridgehead atoms. The van der Waals surface area contributed by atoms with Gasteiger partial charge >= 0.3 is 0 Å². The van der Waals surface area contributed by atoms with Gasteiger partial charge in [0, 0.05) is 13.1 Å². The second kappa shape index (κ2) is 1.95. The van der Waals surface area contributed by atoms with Gasteiger partial charge in [0.15, 0.2) is 6.54 Å². The van der Waals surface area contributed by atoms with Crippen LogP contribution in [0.15, 0.2) is 0 Å². The van der Waals surface area contributed by atoms with Gasteiger partial charge in [0.1, 0.15) is 6.04 Å². The first-order chi connectivity index (χ1) is 4.73. The Bertz CT molecular complexity index is 136. The van der Waals surface area contributed by atoms with Gasteiger partial charge in [-0.3, -0.25) is 4.90 Å². The average Bonchev–Trinajstić information content (AvgIpc) is 2.53. The van der Waals surface area contributed by atoms with E-state index in [-0.39, 0.29) is 0 Å². The van der Waals surface area contributed by atoms with Crippen LogP contribution < -0.4 is 0 Å². The molecule has 2 aliphatic heterocycles. The summed E-state index contributed by atoms with van der Waals surface area (Å²) < 4.78 is 1.31. The van der Waals surface area contributed by atoms with Gasteiger partial charge in [-0.1, -0.05) is 0 Å². The lowest BCUT2D eigenvalue weighted by Crippen LogP contribution is -2.47. The van der Waals surface area contributed by atoms with Crippen LogP contribution in [0.2, 0.25) is 0 Å². The van der Waals surface area contributed by atoms with Gasteiger partial charge in [-0.2, -0.15) is 0 Å². The lowest BCUT2D eigenvalue weighted by atomic mass is 10.3. The molecule has 0 amide bonds. The van der Waals surface area contributed by atoms with Crippen LogP contribution in [0.5, 0.6) is 0 Å². The van der Waals surface area contributed by atoms with E-state index < -0.39 is 0 Å². The summed E-state index contributed by atoms with van der Waals surface area (Å²) >= 11 is 0. The smallest absolute Gasteiger partial charge is 0.200 e. The van der Waals surface area contributed by atoms with E-state index in [9.17, 15) is 0 Å². The van der Waals surface area contributed by atoms with E-state index >= 15 is 0 Å². The number of quaternary nitrogens is 1. The van der Waals surface area contributed by atoms with E-state index in [1.807, 2.05) is 0 Å². The average molecular weight is 140 g/mol. The second-order valence-corrected chi connectivity index (χ2v) is 3.74. The van der Waals surface area contributed by atoms with Gasteiger partial charge in [0.05, 0.1) is 13.1 Å². The first kappa shape index (κ1) is 6.62. The number of likely N-dealkylation sites (N-methyl/N-ethyl adjacent to an activating group) is 1. The molecule has 0 aromatic heterocycles. The highest BCUT2D eigenvalue weighted by atomic mass is 15.5. The molecule has 2 nitrogen and oxygen atoms in total. The van der Waals surface area contributed by atoms with Crippen molar-refractivity contribution in [1.29, 1.82) is 0 Å². The maximum Gasteiger partial charge on any atom is 0.200 e. The third-order valence-electron chi connectivity index (χ3n) is 3.03. The monoisotopic (exact) mass is 140 g/mol. The Kier molecular flexibility index (Phi) is 1.29. The van der Waals surface area contributed by atoms with Crippen molar-refractivity contribution in [1.82, 2.24) is 4.90 Å². The van der Waals surface area contributed by atoms with Crippen molar-refractivity contribution in [2.75, 3.05) is 33.2 Å². The van der Waals surface area contributed by atoms with E-state index in [0.29, 0.717) is 0 Å². The zero-order chi connectivity index (χ0) is 7.19. The van der Waals surface area contributed by atoms with Crippen molar-refractivity contribution < 1.29 is 4.48 Å². The minimum absolute atomic E-state index is 0.855. The molecule has 2 saturated heterocycles. The van der Waals surface area contributed by atoms with Crippen molar-refractivity contribution in [2.45, 2.75) is 13.0 Å². The zero-order valence-electron chi connectivity index (χ0n) is 6.88. The van der Waals surface area contributed by atoms with Crippen molar-refractivity contribution in [3.8, 4) is 0 Å². The Morgan fingerprint density at radius 3 is 2.30 bits per heavy atom. The fourth-order valence-corrected chi connectivity index (χ4v) is 1.88. The topological polar surface area (TPSA) is 3.24 Å². The Balaban J connectivity index is 1.93. The summed E-state index contributed by atoms with van der Waals surface area (Å²) in [5, 5.41) is 0. The third kappa shape index (κ3) is 0.867. The number of piperazine rings is 1. The molecule has 2 rings (SSSR count). The SMILES string of the molecule is CC1[CH][N+]12CCN(C)CC2. The highest BCUT2D eigenvalue weighted by Gasteiger charge is 2.53. The van der Waals surface area contributed by atoms with Crippen LogP contribution in [0.3, 0.4) is 0 Å². The minimum atomic E-state index is 0.855. The predicted octanol–water partition coefficient (Wildman–Crippen LogP) is 0.312. The van der Waals surface area contributed by atoms with Crippen LogP contribution in [0.4, 0.5) is 0 Å². The number of hydrogen-bond donors (Lipinski definition) is 0. The molecule has 1 unspecified atom stereocenters. The van der Waals surface area contributed by atoms with E-state index in [0.717, 1.165) is 6.04 Å². The lowest BCUT2D eigenvalue weighted by molar-refractivity contribution is -0.803. The fourth-order valence-electron chi connectivity index (χ4n) is 1.88. The Morgan fingerprint density at radius 1 is 1.40 bits per heavy atom. The summed E-state index contributed by atoms with van der Waals surface area (Å²) in [4.78, 5) is 2.42. The maximum absolute atomic E-state index is 2.47. The Morgan fingerprint density at radius 2 is 1.90 bits per heavy atom. The number of rotatable bonds is 0. The van der Waals surface area contributed by atoms with Gasteiger partial charge in [0.25, 0.3) is 0 Å². The van der Waals surface area contributed by atoms with Crippen molar-refractivity contribution >= 4 is 0 Å². The highest BCUT2D eigenvalue weighted by Crippen LogP contribution is 2.36. The molecule has 2 fully saturated rings. The molecule has 0 N–H and O–H groups in total. The molecular formula is C8H16N2+. The van der Waals surface area contributed by atoms with E-state index in [4.69, 9.17) is 0 Å². The van der Waals surface area contributed by atoms with E-state index in [1.54, 1.807) is 0 Å². The van der Waals surface area contributed by atoms with Crippen LogP contribution in [0.25, 0.3) is 0 Å². The summed E-state index contributed by atoms with van der Waals surface area (Å²) in [6.45, 7) is 10.0.